The van der Waals surface area contributed by atoms with E-state index in [0.29, 0.717) is 38.0 Å². The number of primary amides is 1. The van der Waals surface area contributed by atoms with Gasteiger partial charge in [0.15, 0.2) is 0 Å². The van der Waals surface area contributed by atoms with E-state index in [0.717, 1.165) is 12.5 Å². The normalized spacial score (nSPS) is 23.2. The highest BCUT2D eigenvalue weighted by Gasteiger charge is 2.39. The van der Waals surface area contributed by atoms with Gasteiger partial charge in [-0.05, 0) is 42.9 Å². The molecule has 0 bridgehead atoms. The molecular weight excluding hydrogens is 410 g/mol. The Morgan fingerprint density at radius 2 is 1.90 bits per heavy atom. The van der Waals surface area contributed by atoms with Gasteiger partial charge < -0.3 is 10.5 Å². The number of benzene rings is 1. The second kappa shape index (κ2) is 8.93. The Morgan fingerprint density at radius 1 is 1.13 bits per heavy atom. The SMILES string of the molecule is NC(=O)c1cc(OC[C@H]2CC[C@H](C(=O)N3OCC[C@H]3c3cc(F)cc(F)c3)C2)ncn1. The first-order valence-corrected chi connectivity index (χ1v) is 10.1. The van der Waals surface area contributed by atoms with E-state index in [1.165, 1.54) is 29.6 Å². The fourth-order valence-corrected chi connectivity index (χ4v) is 4.14. The van der Waals surface area contributed by atoms with Crippen LogP contribution in [0.15, 0.2) is 30.6 Å². The zero-order valence-corrected chi connectivity index (χ0v) is 16.7. The summed E-state index contributed by atoms with van der Waals surface area (Å²) in [6, 6.07) is 4.13. The van der Waals surface area contributed by atoms with E-state index in [1.54, 1.807) is 0 Å². The van der Waals surface area contributed by atoms with Crippen LogP contribution in [0.5, 0.6) is 5.88 Å². The molecule has 2 aliphatic rings. The molecule has 2 amide bonds. The molecular formula is C21H22F2N4O4. The van der Waals surface area contributed by atoms with Gasteiger partial charge in [-0.2, -0.15) is 0 Å². The Morgan fingerprint density at radius 3 is 2.65 bits per heavy atom. The van der Waals surface area contributed by atoms with Gasteiger partial charge in [0.2, 0.25) is 11.8 Å². The van der Waals surface area contributed by atoms with E-state index in [9.17, 15) is 18.4 Å². The molecule has 164 valence electrons. The highest BCUT2D eigenvalue weighted by atomic mass is 19.1. The summed E-state index contributed by atoms with van der Waals surface area (Å²) in [5.74, 6) is -2.12. The summed E-state index contributed by atoms with van der Waals surface area (Å²) >= 11 is 0. The highest BCUT2D eigenvalue weighted by Crippen LogP contribution is 2.38. The maximum atomic E-state index is 13.6. The highest BCUT2D eigenvalue weighted by molar-refractivity contribution is 5.90. The standard InChI is InChI=1S/C21H22F2N4O4/c22-15-6-14(7-16(23)8-15)18-3-4-31-27(18)21(29)13-2-1-12(5-13)10-30-19-9-17(20(24)28)25-11-26-19/h6-9,11-13,18H,1-5,10H2,(H2,24,28)/t12-,13-,18-/m0/s1. The number of amides is 2. The van der Waals surface area contributed by atoms with Crippen LogP contribution in [0.2, 0.25) is 0 Å². The van der Waals surface area contributed by atoms with Crippen molar-refractivity contribution in [2.75, 3.05) is 13.2 Å². The van der Waals surface area contributed by atoms with Crippen LogP contribution >= 0.6 is 0 Å². The Hall–Kier alpha value is -3.14. The molecule has 0 unspecified atom stereocenters. The number of hydrogen-bond acceptors (Lipinski definition) is 6. The third kappa shape index (κ3) is 4.79. The minimum absolute atomic E-state index is 0.0653. The molecule has 3 atom stereocenters. The lowest BCUT2D eigenvalue weighted by molar-refractivity contribution is -0.181. The number of hydrogen-bond donors (Lipinski definition) is 1. The molecule has 2 N–H and O–H groups in total. The molecule has 10 heteroatoms. The lowest BCUT2D eigenvalue weighted by Gasteiger charge is -2.25. The van der Waals surface area contributed by atoms with Gasteiger partial charge in [-0.25, -0.2) is 23.8 Å². The average molecular weight is 432 g/mol. The Kier molecular flexibility index (Phi) is 6.08. The summed E-state index contributed by atoms with van der Waals surface area (Å²) in [6.45, 7) is 0.641. The molecule has 1 aromatic heterocycles. The monoisotopic (exact) mass is 432 g/mol. The van der Waals surface area contributed by atoms with Gasteiger partial charge >= 0.3 is 0 Å². The molecule has 0 spiro atoms. The van der Waals surface area contributed by atoms with Crippen LogP contribution in [-0.4, -0.2) is 40.1 Å². The number of nitrogens with two attached hydrogens (primary N) is 1. The van der Waals surface area contributed by atoms with Crippen LogP contribution < -0.4 is 10.5 Å². The van der Waals surface area contributed by atoms with Crippen molar-refractivity contribution in [1.82, 2.24) is 15.0 Å². The second-order valence-corrected chi connectivity index (χ2v) is 7.80. The fraction of sp³-hybridized carbons (Fsp3) is 0.429. The van der Waals surface area contributed by atoms with E-state index in [1.807, 2.05) is 0 Å². The summed E-state index contributed by atoms with van der Waals surface area (Å²) in [5, 5.41) is 1.27. The molecule has 1 aliphatic carbocycles. The van der Waals surface area contributed by atoms with Crippen molar-refractivity contribution in [2.45, 2.75) is 31.7 Å². The van der Waals surface area contributed by atoms with Gasteiger partial charge in [0.05, 0.1) is 19.3 Å². The quantitative estimate of drug-likeness (QED) is 0.752. The predicted octanol–water partition coefficient (Wildman–Crippen LogP) is 2.55. The molecule has 1 aliphatic heterocycles. The maximum Gasteiger partial charge on any atom is 0.267 e. The lowest BCUT2D eigenvalue weighted by atomic mass is 10.0. The number of halogens is 2. The van der Waals surface area contributed by atoms with Crippen molar-refractivity contribution in [2.24, 2.45) is 17.6 Å². The zero-order valence-electron chi connectivity index (χ0n) is 16.7. The summed E-state index contributed by atoms with van der Waals surface area (Å²) in [6.07, 6.45) is 3.71. The molecule has 4 rings (SSSR count). The number of rotatable bonds is 6. The summed E-state index contributed by atoms with van der Waals surface area (Å²) in [7, 11) is 0. The number of ether oxygens (including phenoxy) is 1. The van der Waals surface area contributed by atoms with Gasteiger partial charge in [0.25, 0.3) is 5.91 Å². The van der Waals surface area contributed by atoms with Crippen LogP contribution in [0.4, 0.5) is 8.78 Å². The lowest BCUT2D eigenvalue weighted by Crippen LogP contribution is -2.34. The number of aromatic nitrogens is 2. The maximum absolute atomic E-state index is 13.6. The molecule has 1 saturated heterocycles. The summed E-state index contributed by atoms with van der Waals surface area (Å²) in [4.78, 5) is 37.5. The van der Waals surface area contributed by atoms with Crippen LogP contribution in [0.25, 0.3) is 0 Å². The number of hydroxylamine groups is 2. The molecule has 2 heterocycles. The topological polar surface area (TPSA) is 108 Å². The second-order valence-electron chi connectivity index (χ2n) is 7.80. The first-order valence-electron chi connectivity index (χ1n) is 10.1. The summed E-state index contributed by atoms with van der Waals surface area (Å²) in [5.41, 5.74) is 5.65. The minimum Gasteiger partial charge on any atom is -0.477 e. The smallest absolute Gasteiger partial charge is 0.267 e. The van der Waals surface area contributed by atoms with Crippen LogP contribution in [-0.2, 0) is 9.63 Å². The van der Waals surface area contributed by atoms with Crippen molar-refractivity contribution < 1.29 is 27.9 Å². The van der Waals surface area contributed by atoms with Crippen molar-refractivity contribution >= 4 is 11.8 Å². The van der Waals surface area contributed by atoms with Gasteiger partial charge in [0.1, 0.15) is 23.7 Å². The van der Waals surface area contributed by atoms with E-state index >= 15 is 0 Å². The van der Waals surface area contributed by atoms with Crippen molar-refractivity contribution in [3.8, 4) is 5.88 Å². The first-order chi connectivity index (χ1) is 14.9. The predicted molar refractivity (Wildman–Crippen MR) is 103 cm³/mol. The molecule has 0 radical (unpaired) electrons. The first kappa shape index (κ1) is 21.1. The molecule has 2 fully saturated rings. The van der Waals surface area contributed by atoms with E-state index < -0.39 is 23.6 Å². The summed E-state index contributed by atoms with van der Waals surface area (Å²) < 4.78 is 32.9. The average Bonchev–Trinajstić information content (AvgIpc) is 3.41. The van der Waals surface area contributed by atoms with E-state index in [-0.39, 0.29) is 29.3 Å². The Bertz CT molecular complexity index is 969. The van der Waals surface area contributed by atoms with E-state index in [4.69, 9.17) is 15.3 Å². The van der Waals surface area contributed by atoms with Crippen LogP contribution in [0.3, 0.4) is 0 Å². The number of carbonyl (C=O) groups is 2. The van der Waals surface area contributed by atoms with Crippen molar-refractivity contribution in [1.29, 1.82) is 0 Å². The van der Waals surface area contributed by atoms with Gasteiger partial charge in [-0.15, -0.1) is 0 Å². The van der Waals surface area contributed by atoms with E-state index in [2.05, 4.69) is 9.97 Å². The Labute approximate surface area is 177 Å². The molecule has 2 aromatic rings. The van der Waals surface area contributed by atoms with Gasteiger partial charge in [-0.3, -0.25) is 14.4 Å². The molecule has 31 heavy (non-hydrogen) atoms. The third-order valence-corrected chi connectivity index (χ3v) is 5.64. The van der Waals surface area contributed by atoms with Crippen molar-refractivity contribution in [3.63, 3.8) is 0 Å². The largest absolute Gasteiger partial charge is 0.477 e. The van der Waals surface area contributed by atoms with Crippen molar-refractivity contribution in [3.05, 3.63) is 53.5 Å². The third-order valence-electron chi connectivity index (χ3n) is 5.64. The zero-order chi connectivity index (χ0) is 22.0. The number of carbonyl (C=O) groups excluding carboxylic acids is 2. The number of nitrogens with zero attached hydrogens (tertiary/aromatic N) is 3. The fourth-order valence-electron chi connectivity index (χ4n) is 4.14. The van der Waals surface area contributed by atoms with Crippen LogP contribution in [0, 0.1) is 23.5 Å². The molecule has 1 saturated carbocycles. The Balaban J connectivity index is 1.35. The van der Waals surface area contributed by atoms with Crippen LogP contribution in [0.1, 0.15) is 47.8 Å². The molecule has 8 nitrogen and oxygen atoms in total. The van der Waals surface area contributed by atoms with Gasteiger partial charge in [0, 0.05) is 24.5 Å². The minimum atomic E-state index is -0.684. The van der Waals surface area contributed by atoms with Gasteiger partial charge in [-0.1, -0.05) is 0 Å². The molecule has 1 aromatic carbocycles.